The fraction of sp³-hybridized carbons (Fsp3) is 0.462. The van der Waals surface area contributed by atoms with E-state index >= 15 is 0 Å². The first-order chi connectivity index (χ1) is 9.51. The quantitative estimate of drug-likeness (QED) is 0.840. The van der Waals surface area contributed by atoms with Gasteiger partial charge in [0.15, 0.2) is 5.65 Å². The summed E-state index contributed by atoms with van der Waals surface area (Å²) in [6.07, 6.45) is 1.35. The molecule has 2 heterocycles. The van der Waals surface area contributed by atoms with Crippen LogP contribution in [0.15, 0.2) is 6.20 Å². The molecule has 2 aromatic rings. The highest BCUT2D eigenvalue weighted by molar-refractivity contribution is 6.04. The van der Waals surface area contributed by atoms with Gasteiger partial charge >= 0.3 is 5.97 Å². The summed E-state index contributed by atoms with van der Waals surface area (Å²) >= 11 is 0. The number of hydrogen-bond acceptors (Lipinski definition) is 5. The van der Waals surface area contributed by atoms with Gasteiger partial charge in [0.2, 0.25) is 0 Å². The summed E-state index contributed by atoms with van der Waals surface area (Å²) in [5.74, 6) is -1.03. The molecule has 0 amide bonds. The van der Waals surface area contributed by atoms with E-state index in [1.165, 1.54) is 6.20 Å². The van der Waals surface area contributed by atoms with Gasteiger partial charge < -0.3 is 15.1 Å². The Morgan fingerprint density at radius 3 is 2.75 bits per heavy atom. The first-order valence-electron chi connectivity index (χ1n) is 6.42. The summed E-state index contributed by atoms with van der Waals surface area (Å²) in [7, 11) is 1.77. The molecule has 0 unspecified atom stereocenters. The number of carboxylic acids is 1. The van der Waals surface area contributed by atoms with E-state index in [4.69, 9.17) is 0 Å². The maximum absolute atomic E-state index is 11.5. The Balaban J connectivity index is 2.80. The van der Waals surface area contributed by atoms with Gasteiger partial charge in [-0.15, -0.1) is 0 Å². The monoisotopic (exact) mass is 278 g/mol. The van der Waals surface area contributed by atoms with Crippen LogP contribution in [-0.4, -0.2) is 50.6 Å². The molecular weight excluding hydrogens is 260 g/mol. The number of rotatable bonds is 5. The van der Waals surface area contributed by atoms with Crippen molar-refractivity contribution >= 4 is 22.7 Å². The minimum atomic E-state index is -1.03. The van der Waals surface area contributed by atoms with Gasteiger partial charge in [-0.05, 0) is 13.8 Å². The molecule has 108 valence electrons. The molecule has 0 bridgehead atoms. The zero-order valence-electron chi connectivity index (χ0n) is 11.8. The number of nitrogens with zero attached hydrogens (tertiary/aromatic N) is 4. The number of anilines is 1. The third-order valence-corrected chi connectivity index (χ3v) is 3.30. The molecule has 0 aliphatic carbocycles. The first-order valence-corrected chi connectivity index (χ1v) is 6.42. The van der Waals surface area contributed by atoms with Crippen LogP contribution in [-0.2, 0) is 7.05 Å². The number of fused-ring (bicyclic) bond motifs is 1. The van der Waals surface area contributed by atoms with Crippen LogP contribution in [0.25, 0.3) is 11.0 Å². The smallest absolute Gasteiger partial charge is 0.339 e. The van der Waals surface area contributed by atoms with Crippen LogP contribution < -0.4 is 4.90 Å². The maximum atomic E-state index is 11.5. The first kappa shape index (κ1) is 14.3. The number of aryl methyl sites for hydroxylation is 2. The predicted molar refractivity (Wildman–Crippen MR) is 75.2 cm³/mol. The SMILES string of the molecule is CCN(CCO)c1c(C(=O)O)cnc2c1c(C)nn2C. The van der Waals surface area contributed by atoms with Crippen molar-refractivity contribution in [2.24, 2.45) is 7.05 Å². The standard InChI is InChI=1S/C13H18N4O3/c1-4-17(5-6-18)11-9(13(19)20)7-14-12-10(11)8(2)15-16(12)3/h7,18H,4-6H2,1-3H3,(H,19,20). The normalized spacial score (nSPS) is 11.0. The molecule has 2 rings (SSSR count). The van der Waals surface area contributed by atoms with Gasteiger partial charge in [0.05, 0.1) is 23.4 Å². The number of carboxylic acid groups (broad SMARTS) is 1. The minimum Gasteiger partial charge on any atom is -0.478 e. The van der Waals surface area contributed by atoms with Crippen LogP contribution in [0.4, 0.5) is 5.69 Å². The molecule has 0 aliphatic heterocycles. The predicted octanol–water partition coefficient (Wildman–Crippen LogP) is 0.794. The Bertz CT molecular complexity index is 651. The molecule has 0 radical (unpaired) electrons. The molecule has 0 aromatic carbocycles. The average Bonchev–Trinajstić information content (AvgIpc) is 2.70. The van der Waals surface area contributed by atoms with Crippen LogP contribution in [0.1, 0.15) is 23.0 Å². The fourth-order valence-electron chi connectivity index (χ4n) is 2.43. The minimum absolute atomic E-state index is 0.0456. The third-order valence-electron chi connectivity index (χ3n) is 3.30. The van der Waals surface area contributed by atoms with E-state index in [1.54, 1.807) is 11.7 Å². The van der Waals surface area contributed by atoms with E-state index in [1.807, 2.05) is 18.7 Å². The molecule has 0 saturated heterocycles. The van der Waals surface area contributed by atoms with Crippen LogP contribution >= 0.6 is 0 Å². The van der Waals surface area contributed by atoms with Crippen molar-refractivity contribution in [2.75, 3.05) is 24.6 Å². The average molecular weight is 278 g/mol. The molecule has 0 spiro atoms. The summed E-state index contributed by atoms with van der Waals surface area (Å²) in [6.45, 7) is 4.65. The summed E-state index contributed by atoms with van der Waals surface area (Å²) in [4.78, 5) is 17.5. The highest BCUT2D eigenvalue weighted by Gasteiger charge is 2.22. The third kappa shape index (κ3) is 2.20. The number of aliphatic hydroxyl groups excluding tert-OH is 1. The summed E-state index contributed by atoms with van der Waals surface area (Å²) in [5.41, 5.74) is 2.07. The zero-order chi connectivity index (χ0) is 14.9. The topological polar surface area (TPSA) is 91.5 Å². The van der Waals surface area contributed by atoms with Crippen LogP contribution in [0, 0.1) is 6.92 Å². The van der Waals surface area contributed by atoms with Crippen LogP contribution in [0.2, 0.25) is 0 Å². The Morgan fingerprint density at radius 2 is 2.20 bits per heavy atom. The van der Waals surface area contributed by atoms with Crippen molar-refractivity contribution in [1.29, 1.82) is 0 Å². The maximum Gasteiger partial charge on any atom is 0.339 e. The number of hydrogen-bond donors (Lipinski definition) is 2. The van der Waals surface area contributed by atoms with Gasteiger partial charge in [-0.1, -0.05) is 0 Å². The molecule has 20 heavy (non-hydrogen) atoms. The van der Waals surface area contributed by atoms with Gasteiger partial charge in [0, 0.05) is 26.3 Å². The Hall–Kier alpha value is -2.15. The number of pyridine rings is 1. The molecule has 0 atom stereocenters. The number of aliphatic hydroxyl groups is 1. The van der Waals surface area contributed by atoms with E-state index in [0.717, 1.165) is 11.1 Å². The summed E-state index contributed by atoms with van der Waals surface area (Å²) < 4.78 is 1.63. The highest BCUT2D eigenvalue weighted by Crippen LogP contribution is 2.31. The van der Waals surface area contributed by atoms with Crippen molar-refractivity contribution in [2.45, 2.75) is 13.8 Å². The second kappa shape index (κ2) is 5.46. The van der Waals surface area contributed by atoms with Gasteiger partial charge in [0.25, 0.3) is 0 Å². The van der Waals surface area contributed by atoms with Crippen molar-refractivity contribution in [3.05, 3.63) is 17.5 Å². The number of aromatic nitrogens is 3. The second-order valence-corrected chi connectivity index (χ2v) is 4.54. The highest BCUT2D eigenvalue weighted by atomic mass is 16.4. The molecule has 0 aliphatic rings. The van der Waals surface area contributed by atoms with Gasteiger partial charge in [-0.25, -0.2) is 9.78 Å². The molecule has 2 aromatic heterocycles. The van der Waals surface area contributed by atoms with E-state index < -0.39 is 5.97 Å². The second-order valence-electron chi connectivity index (χ2n) is 4.54. The lowest BCUT2D eigenvalue weighted by Gasteiger charge is -2.24. The molecule has 0 saturated carbocycles. The van der Waals surface area contributed by atoms with Gasteiger partial charge in [-0.3, -0.25) is 4.68 Å². The fourth-order valence-corrected chi connectivity index (χ4v) is 2.43. The Kier molecular flexibility index (Phi) is 3.89. The van der Waals surface area contributed by atoms with E-state index in [9.17, 15) is 15.0 Å². The molecular formula is C13H18N4O3. The lowest BCUT2D eigenvalue weighted by molar-refractivity contribution is 0.0697. The Morgan fingerprint density at radius 1 is 1.50 bits per heavy atom. The van der Waals surface area contributed by atoms with Crippen molar-refractivity contribution in [1.82, 2.24) is 14.8 Å². The zero-order valence-corrected chi connectivity index (χ0v) is 11.8. The van der Waals surface area contributed by atoms with Gasteiger partial charge in [0.1, 0.15) is 5.56 Å². The molecule has 7 nitrogen and oxygen atoms in total. The molecule has 7 heteroatoms. The number of carbonyl (C=O) groups is 1. The van der Waals surface area contributed by atoms with Crippen molar-refractivity contribution in [3.63, 3.8) is 0 Å². The number of likely N-dealkylation sites (N-methyl/N-ethyl adjacent to an activating group) is 1. The van der Waals surface area contributed by atoms with E-state index in [-0.39, 0.29) is 12.2 Å². The van der Waals surface area contributed by atoms with E-state index in [2.05, 4.69) is 10.1 Å². The largest absolute Gasteiger partial charge is 0.478 e. The van der Waals surface area contributed by atoms with Crippen molar-refractivity contribution < 1.29 is 15.0 Å². The Labute approximate surface area is 116 Å². The summed E-state index contributed by atoms with van der Waals surface area (Å²) in [5, 5.41) is 23.6. The van der Waals surface area contributed by atoms with Crippen LogP contribution in [0.3, 0.4) is 0 Å². The molecule has 2 N–H and O–H groups in total. The van der Waals surface area contributed by atoms with Gasteiger partial charge in [-0.2, -0.15) is 5.10 Å². The lowest BCUT2D eigenvalue weighted by atomic mass is 10.1. The van der Waals surface area contributed by atoms with E-state index in [0.29, 0.717) is 24.4 Å². The number of aromatic carboxylic acids is 1. The summed E-state index contributed by atoms with van der Waals surface area (Å²) in [6, 6.07) is 0. The molecule has 0 fully saturated rings. The van der Waals surface area contributed by atoms with Crippen LogP contribution in [0.5, 0.6) is 0 Å². The lowest BCUT2D eigenvalue weighted by Crippen LogP contribution is -2.28. The van der Waals surface area contributed by atoms with Crippen molar-refractivity contribution in [3.8, 4) is 0 Å².